The lowest BCUT2D eigenvalue weighted by Crippen LogP contribution is -2.37. The molecule has 0 saturated carbocycles. The number of rotatable bonds is 6. The molecule has 0 N–H and O–H groups in total. The van der Waals surface area contributed by atoms with Gasteiger partial charge in [-0.1, -0.05) is 204 Å². The lowest BCUT2D eigenvalue weighted by molar-refractivity contribution is 0.667. The van der Waals surface area contributed by atoms with Gasteiger partial charge in [0.25, 0.3) is 0 Å². The molecule has 0 radical (unpaired) electrons. The van der Waals surface area contributed by atoms with Crippen molar-refractivity contribution < 1.29 is 4.42 Å². The van der Waals surface area contributed by atoms with Crippen LogP contribution >= 0.6 is 0 Å². The summed E-state index contributed by atoms with van der Waals surface area (Å²) in [6.07, 6.45) is 0. The number of nitrogens with zero attached hydrogens (tertiary/aromatic N) is 2. The maximum Gasteiger partial charge on any atom is 0.137 e. The summed E-state index contributed by atoms with van der Waals surface area (Å²) in [7, 11) is 0. The Morgan fingerprint density at radius 3 is 1.10 bits per heavy atom. The van der Waals surface area contributed by atoms with Gasteiger partial charge in [-0.25, -0.2) is 0 Å². The van der Waals surface area contributed by atoms with Crippen molar-refractivity contribution in [2.45, 2.75) is 38.5 Å². The summed E-state index contributed by atoms with van der Waals surface area (Å²) in [6.45, 7) is 8.68. The van der Waals surface area contributed by atoms with Gasteiger partial charge in [-0.05, 0) is 138 Å². The zero-order valence-corrected chi connectivity index (χ0v) is 41.4. The number of fused-ring (bicyclic) bond motifs is 8. The first-order valence-corrected chi connectivity index (χ1v) is 25.5. The minimum atomic E-state index is -0.639. The van der Waals surface area contributed by atoms with E-state index in [9.17, 15) is 0 Å². The van der Waals surface area contributed by atoms with Crippen molar-refractivity contribution in [1.29, 1.82) is 0 Å². The van der Waals surface area contributed by atoms with Gasteiger partial charge in [0, 0.05) is 28.2 Å². The van der Waals surface area contributed by atoms with Crippen molar-refractivity contribution in [3.63, 3.8) is 0 Å². The fourth-order valence-corrected chi connectivity index (χ4v) is 12.6. The van der Waals surface area contributed by atoms with Crippen molar-refractivity contribution in [2.24, 2.45) is 0 Å². The van der Waals surface area contributed by atoms with Crippen LogP contribution in [0.3, 0.4) is 0 Å². The quantitative estimate of drug-likeness (QED) is 0.166. The summed E-state index contributed by atoms with van der Waals surface area (Å²) in [6, 6.07) is 90.9. The second-order valence-electron chi connectivity index (χ2n) is 20.4. The van der Waals surface area contributed by atoms with E-state index in [0.717, 1.165) is 55.5 Å². The second kappa shape index (κ2) is 16.3. The van der Waals surface area contributed by atoms with E-state index in [0.29, 0.717) is 0 Å². The zero-order valence-electron chi connectivity index (χ0n) is 41.4. The molecule has 2 aliphatic heterocycles. The highest BCUT2D eigenvalue weighted by atomic mass is 16.3. The molecule has 0 amide bonds. The van der Waals surface area contributed by atoms with Gasteiger partial charge in [0.1, 0.15) is 11.2 Å². The number of furan rings is 1. The molecule has 0 fully saturated rings. The Morgan fingerprint density at radius 1 is 0.288 bits per heavy atom. The Morgan fingerprint density at radius 2 is 0.658 bits per heavy atom. The van der Waals surface area contributed by atoms with Crippen LogP contribution in [0.4, 0.5) is 34.1 Å². The number of aryl methyl sites for hydroxylation is 4. The first-order chi connectivity index (χ1) is 35.8. The van der Waals surface area contributed by atoms with Crippen LogP contribution in [0.25, 0.3) is 32.7 Å². The molecule has 348 valence electrons. The third kappa shape index (κ3) is 6.31. The van der Waals surface area contributed by atoms with E-state index >= 15 is 0 Å². The molecule has 0 bridgehead atoms. The zero-order chi connectivity index (χ0) is 49.0. The Kier molecular flexibility index (Phi) is 9.59. The summed E-state index contributed by atoms with van der Waals surface area (Å²) in [5.41, 5.74) is 22.2. The molecular formula is C70H52N2O. The van der Waals surface area contributed by atoms with Crippen LogP contribution in [0.5, 0.6) is 0 Å². The van der Waals surface area contributed by atoms with Crippen LogP contribution in [0.15, 0.2) is 247 Å². The average Bonchev–Trinajstić information content (AvgIpc) is 3.80. The largest absolute Gasteiger partial charge is 0.456 e. The van der Waals surface area contributed by atoms with Crippen molar-refractivity contribution in [3.05, 3.63) is 309 Å². The van der Waals surface area contributed by atoms with Crippen LogP contribution in [-0.4, -0.2) is 0 Å². The van der Waals surface area contributed by atoms with E-state index in [1.165, 1.54) is 78.1 Å². The van der Waals surface area contributed by atoms with Crippen molar-refractivity contribution in [2.75, 3.05) is 9.80 Å². The fourth-order valence-electron chi connectivity index (χ4n) is 12.6. The predicted molar refractivity (Wildman–Crippen MR) is 303 cm³/mol. The second-order valence-corrected chi connectivity index (χ2v) is 20.4. The predicted octanol–water partition coefficient (Wildman–Crippen LogP) is 18.3. The molecule has 14 rings (SSSR count). The highest BCUT2D eigenvalue weighted by molar-refractivity contribution is 6.08. The molecule has 0 spiro atoms. The van der Waals surface area contributed by atoms with Crippen LogP contribution in [0.1, 0.15) is 66.8 Å². The van der Waals surface area contributed by atoms with Gasteiger partial charge in [-0.15, -0.1) is 0 Å². The maximum absolute atomic E-state index is 6.73. The molecule has 3 heterocycles. The Hall–Kier alpha value is -8.92. The molecule has 11 aromatic carbocycles. The van der Waals surface area contributed by atoms with E-state index in [1.54, 1.807) is 0 Å². The van der Waals surface area contributed by atoms with Crippen molar-refractivity contribution in [3.8, 4) is 0 Å². The highest BCUT2D eigenvalue weighted by Gasteiger charge is 2.48. The Balaban J connectivity index is 0.961. The molecule has 0 atom stereocenters. The molecule has 1 aromatic heterocycles. The van der Waals surface area contributed by atoms with Gasteiger partial charge < -0.3 is 14.2 Å². The lowest BCUT2D eigenvalue weighted by atomic mass is 9.62. The molecule has 3 nitrogen and oxygen atoms in total. The highest BCUT2D eigenvalue weighted by Crippen LogP contribution is 2.60. The lowest BCUT2D eigenvalue weighted by Gasteiger charge is -2.46. The van der Waals surface area contributed by atoms with Crippen LogP contribution < -0.4 is 9.80 Å². The summed E-state index contributed by atoms with van der Waals surface area (Å²) in [4.78, 5) is 4.95. The topological polar surface area (TPSA) is 19.6 Å². The van der Waals surface area contributed by atoms with E-state index in [1.807, 2.05) is 0 Å². The molecule has 73 heavy (non-hydrogen) atoms. The number of hydrogen-bond acceptors (Lipinski definition) is 3. The van der Waals surface area contributed by atoms with E-state index < -0.39 is 10.8 Å². The van der Waals surface area contributed by atoms with Gasteiger partial charge in [0.15, 0.2) is 0 Å². The van der Waals surface area contributed by atoms with Crippen LogP contribution in [0.2, 0.25) is 0 Å². The molecule has 12 aromatic rings. The summed E-state index contributed by atoms with van der Waals surface area (Å²) < 4.78 is 6.73. The molecule has 0 unspecified atom stereocenters. The van der Waals surface area contributed by atoms with Gasteiger partial charge >= 0.3 is 0 Å². The van der Waals surface area contributed by atoms with E-state index in [2.05, 4.69) is 280 Å². The first-order valence-electron chi connectivity index (χ1n) is 25.5. The third-order valence-corrected chi connectivity index (χ3v) is 16.0. The Bertz CT molecular complexity index is 3980. The normalized spacial score (nSPS) is 14.2. The maximum atomic E-state index is 6.73. The molecular weight excluding hydrogens is 885 g/mol. The third-order valence-electron chi connectivity index (χ3n) is 16.0. The smallest absolute Gasteiger partial charge is 0.137 e. The molecule has 0 aliphatic carbocycles. The average molecular weight is 937 g/mol. The minimum Gasteiger partial charge on any atom is -0.456 e. The fraction of sp³-hybridized carbons (Fsp3) is 0.0857. The van der Waals surface area contributed by atoms with Crippen molar-refractivity contribution in [1.82, 2.24) is 0 Å². The number of benzene rings is 11. The Labute approximate surface area is 426 Å². The molecule has 0 saturated heterocycles. The van der Waals surface area contributed by atoms with Gasteiger partial charge in [-0.2, -0.15) is 0 Å². The molecule has 2 aliphatic rings. The number of hydrogen-bond donors (Lipinski definition) is 0. The monoisotopic (exact) mass is 936 g/mol. The van der Waals surface area contributed by atoms with Gasteiger partial charge in [-0.3, -0.25) is 0 Å². The van der Waals surface area contributed by atoms with Crippen LogP contribution in [-0.2, 0) is 10.8 Å². The summed E-state index contributed by atoms with van der Waals surface area (Å²) in [5, 5.41) is 4.55. The SMILES string of the molecule is Cc1ccc(C2(c3ccc(C)cc3)c3ccccc3N(c3ccc4cc(N5c6ccccc6C(c6ccc(C)cc6)(c6ccc(C)cc6)c6cc7c(cc65)oc5ccccc57)ccc4c3)c3ccccc32)cc1. The van der Waals surface area contributed by atoms with E-state index in [-0.39, 0.29) is 0 Å². The summed E-state index contributed by atoms with van der Waals surface area (Å²) in [5.74, 6) is 0. The van der Waals surface area contributed by atoms with Gasteiger partial charge in [0.2, 0.25) is 0 Å². The standard InChI is InChI=1S/C70H52N2O/c1-45-21-31-51(32-22-45)69(52-33-23-46(2)24-34-52)59-14-6-9-17-63(59)71(64-18-10-7-15-60(64)69)55-39-29-50-42-56(40-30-49(50)41-55)72-65-19-11-8-16-61(65)70(53-35-25-47(3)26-36-53,54-37-27-48(4)28-38-54)62-43-58-57-13-5-12-20-67(57)73-68(58)44-66(62)72/h5-44H,1-4H3. The number of anilines is 6. The van der Waals surface area contributed by atoms with Crippen LogP contribution in [0, 0.1) is 27.7 Å². The first kappa shape index (κ1) is 42.9. The molecule has 3 heteroatoms. The van der Waals surface area contributed by atoms with Crippen molar-refractivity contribution >= 4 is 66.8 Å². The van der Waals surface area contributed by atoms with Gasteiger partial charge in [0.05, 0.1) is 33.6 Å². The minimum absolute atomic E-state index is 0.539. The number of para-hydroxylation sites is 4. The van der Waals surface area contributed by atoms with E-state index in [4.69, 9.17) is 4.42 Å². The summed E-state index contributed by atoms with van der Waals surface area (Å²) >= 11 is 0.